The fraction of sp³-hybridized carbons (Fsp3) is 0.381. The minimum Gasteiger partial charge on any atom is -0.480 e. The average molecular weight is 511 g/mol. The van der Waals surface area contributed by atoms with Gasteiger partial charge in [-0.1, -0.05) is 23.1 Å². The summed E-state index contributed by atoms with van der Waals surface area (Å²) in [4.78, 5) is 30.8. The summed E-state index contributed by atoms with van der Waals surface area (Å²) < 4.78 is 34.4. The number of aryl methyl sites for hydroxylation is 1. The molecule has 3 rings (SSSR count). The molecule has 0 aliphatic heterocycles. The van der Waals surface area contributed by atoms with E-state index in [9.17, 15) is 18.4 Å². The second kappa shape index (κ2) is 10.9. The van der Waals surface area contributed by atoms with Gasteiger partial charge >= 0.3 is 0 Å². The number of amides is 2. The largest absolute Gasteiger partial charge is 0.480 e. The number of thioether (sulfide) groups is 1. The molecule has 2 amide bonds. The van der Waals surface area contributed by atoms with Crippen LogP contribution in [0.25, 0.3) is 0 Å². The van der Waals surface area contributed by atoms with Crippen molar-refractivity contribution < 1.29 is 23.1 Å². The molecule has 0 spiro atoms. The zero-order chi connectivity index (χ0) is 25.0. The van der Waals surface area contributed by atoms with Crippen molar-refractivity contribution in [3.8, 4) is 5.75 Å². The van der Waals surface area contributed by atoms with Crippen LogP contribution in [0.2, 0.25) is 0 Å². The van der Waals surface area contributed by atoms with Crippen molar-refractivity contribution in [3.05, 3.63) is 46.2 Å². The van der Waals surface area contributed by atoms with Crippen molar-refractivity contribution in [2.75, 3.05) is 25.2 Å². The standard InChI is InChI=1S/C21H24F2N6O3S2/c1-6-29-18(12(3)32-15-8-7-13(22)9-14(15)23)26-27-21(29)33-10-16(30)25-20-24-11(2)17(34-20)19(31)28(4)5/h7-9,12H,6,10H2,1-5H3,(H,24,25,30)/t12-/m0/s1. The molecule has 0 aliphatic carbocycles. The number of nitrogens with one attached hydrogen (secondary N) is 1. The van der Waals surface area contributed by atoms with Crippen LogP contribution in [0.15, 0.2) is 23.4 Å². The Morgan fingerprint density at radius 2 is 2.03 bits per heavy atom. The van der Waals surface area contributed by atoms with Gasteiger partial charge in [-0.2, -0.15) is 0 Å². The van der Waals surface area contributed by atoms with Gasteiger partial charge in [0.2, 0.25) is 5.91 Å². The Kier molecular flexibility index (Phi) is 8.20. The average Bonchev–Trinajstić information content (AvgIpc) is 3.36. The molecular weight excluding hydrogens is 486 g/mol. The highest BCUT2D eigenvalue weighted by molar-refractivity contribution is 7.99. The van der Waals surface area contributed by atoms with Crippen molar-refractivity contribution in [2.24, 2.45) is 0 Å². The zero-order valence-corrected chi connectivity index (χ0v) is 20.9. The Hall–Kier alpha value is -3.06. The topological polar surface area (TPSA) is 102 Å². The minimum absolute atomic E-state index is 0.0373. The lowest BCUT2D eigenvalue weighted by Crippen LogP contribution is -2.21. The molecule has 1 aromatic carbocycles. The maximum atomic E-state index is 13.9. The number of benzene rings is 1. The molecule has 0 radical (unpaired) electrons. The lowest BCUT2D eigenvalue weighted by molar-refractivity contribution is -0.113. The molecule has 0 saturated carbocycles. The number of anilines is 1. The maximum Gasteiger partial charge on any atom is 0.265 e. The normalized spacial score (nSPS) is 11.9. The number of hydrogen-bond acceptors (Lipinski definition) is 8. The van der Waals surface area contributed by atoms with E-state index in [1.807, 2.05) is 6.92 Å². The summed E-state index contributed by atoms with van der Waals surface area (Å²) in [6.45, 7) is 5.76. The van der Waals surface area contributed by atoms with E-state index in [4.69, 9.17) is 4.74 Å². The molecule has 9 nitrogen and oxygen atoms in total. The summed E-state index contributed by atoms with van der Waals surface area (Å²) >= 11 is 2.29. The second-order valence-corrected chi connectivity index (χ2v) is 9.33. The molecule has 3 aromatic rings. The molecule has 2 heterocycles. The van der Waals surface area contributed by atoms with E-state index in [-0.39, 0.29) is 23.3 Å². The van der Waals surface area contributed by atoms with Gasteiger partial charge in [0.25, 0.3) is 5.91 Å². The summed E-state index contributed by atoms with van der Waals surface area (Å²) in [6, 6.07) is 3.07. The van der Waals surface area contributed by atoms with Crippen LogP contribution in [0.4, 0.5) is 13.9 Å². The third-order valence-corrected chi connectivity index (χ3v) is 6.63. The van der Waals surface area contributed by atoms with Crippen LogP contribution in [-0.4, -0.2) is 56.3 Å². The van der Waals surface area contributed by atoms with Gasteiger partial charge in [-0.05, 0) is 32.9 Å². The molecule has 1 atom stereocenters. The quantitative estimate of drug-likeness (QED) is 0.436. The van der Waals surface area contributed by atoms with E-state index >= 15 is 0 Å². The van der Waals surface area contributed by atoms with E-state index in [2.05, 4.69) is 20.5 Å². The Morgan fingerprint density at radius 3 is 2.68 bits per heavy atom. The van der Waals surface area contributed by atoms with Crippen molar-refractivity contribution in [1.82, 2.24) is 24.6 Å². The number of ether oxygens (including phenoxy) is 1. The lowest BCUT2D eigenvalue weighted by Gasteiger charge is -2.16. The Balaban J connectivity index is 1.64. The number of aromatic nitrogens is 4. The lowest BCUT2D eigenvalue weighted by atomic mass is 10.3. The molecule has 0 unspecified atom stereocenters. The first kappa shape index (κ1) is 25.6. The number of rotatable bonds is 9. The molecule has 0 saturated heterocycles. The monoisotopic (exact) mass is 510 g/mol. The number of nitrogens with zero attached hydrogens (tertiary/aromatic N) is 5. The van der Waals surface area contributed by atoms with Crippen LogP contribution in [0.1, 0.15) is 41.1 Å². The molecule has 0 aliphatic rings. The molecule has 0 bridgehead atoms. The molecule has 0 fully saturated rings. The number of thiazole rings is 1. The van der Waals surface area contributed by atoms with Gasteiger partial charge in [-0.3, -0.25) is 9.59 Å². The van der Waals surface area contributed by atoms with Crippen LogP contribution in [0, 0.1) is 18.6 Å². The van der Waals surface area contributed by atoms with Crippen molar-refractivity contribution >= 4 is 40.0 Å². The van der Waals surface area contributed by atoms with Crippen molar-refractivity contribution in [1.29, 1.82) is 0 Å². The number of carbonyl (C=O) groups is 2. The molecule has 1 N–H and O–H groups in total. The molecular formula is C21H24F2N6O3S2. The summed E-state index contributed by atoms with van der Waals surface area (Å²) in [5, 5.41) is 11.8. The molecule has 182 valence electrons. The third-order valence-electron chi connectivity index (χ3n) is 4.60. The highest BCUT2D eigenvalue weighted by Gasteiger charge is 2.22. The minimum atomic E-state index is -0.812. The van der Waals surface area contributed by atoms with Gasteiger partial charge in [0.05, 0.1) is 11.4 Å². The van der Waals surface area contributed by atoms with Crippen LogP contribution in [0.3, 0.4) is 0 Å². The Labute approximate surface area is 203 Å². The summed E-state index contributed by atoms with van der Waals surface area (Å²) in [7, 11) is 3.30. The highest BCUT2D eigenvalue weighted by atomic mass is 32.2. The fourth-order valence-electron chi connectivity index (χ4n) is 2.96. The van der Waals surface area contributed by atoms with Crippen LogP contribution in [-0.2, 0) is 11.3 Å². The zero-order valence-electron chi connectivity index (χ0n) is 19.3. The van der Waals surface area contributed by atoms with E-state index in [1.165, 1.54) is 22.7 Å². The van der Waals surface area contributed by atoms with Gasteiger partial charge < -0.3 is 19.5 Å². The second-order valence-electron chi connectivity index (χ2n) is 7.39. The van der Waals surface area contributed by atoms with Gasteiger partial charge in [-0.15, -0.1) is 10.2 Å². The number of carbonyl (C=O) groups excluding carboxylic acids is 2. The van der Waals surface area contributed by atoms with Gasteiger partial charge in [0.1, 0.15) is 10.7 Å². The first-order valence-corrected chi connectivity index (χ1v) is 12.1. The number of hydrogen-bond donors (Lipinski definition) is 1. The highest BCUT2D eigenvalue weighted by Crippen LogP contribution is 2.27. The van der Waals surface area contributed by atoms with E-state index in [0.717, 1.165) is 23.5 Å². The first-order chi connectivity index (χ1) is 16.1. The SMILES string of the molecule is CCn1c(SCC(=O)Nc2nc(C)c(C(=O)N(C)C)s2)nnc1[C@H](C)Oc1ccc(F)cc1F. The summed E-state index contributed by atoms with van der Waals surface area (Å²) in [6.07, 6.45) is -0.665. The van der Waals surface area contributed by atoms with Gasteiger partial charge in [-0.25, -0.2) is 13.8 Å². The van der Waals surface area contributed by atoms with Crippen LogP contribution >= 0.6 is 23.1 Å². The van der Waals surface area contributed by atoms with E-state index in [1.54, 1.807) is 32.5 Å². The molecule has 13 heteroatoms. The van der Waals surface area contributed by atoms with Crippen molar-refractivity contribution in [2.45, 2.75) is 38.6 Å². The van der Waals surface area contributed by atoms with Crippen LogP contribution in [0.5, 0.6) is 5.75 Å². The first-order valence-electron chi connectivity index (χ1n) is 10.3. The maximum absolute atomic E-state index is 13.9. The molecule has 2 aromatic heterocycles. The van der Waals surface area contributed by atoms with E-state index in [0.29, 0.717) is 33.2 Å². The Bertz CT molecular complexity index is 1200. The van der Waals surface area contributed by atoms with E-state index < -0.39 is 17.7 Å². The third kappa shape index (κ3) is 5.89. The molecule has 34 heavy (non-hydrogen) atoms. The number of halogens is 2. The predicted molar refractivity (Wildman–Crippen MR) is 125 cm³/mol. The fourth-order valence-corrected chi connectivity index (χ4v) is 4.77. The Morgan fingerprint density at radius 1 is 1.29 bits per heavy atom. The van der Waals surface area contributed by atoms with Crippen molar-refractivity contribution in [3.63, 3.8) is 0 Å². The smallest absolute Gasteiger partial charge is 0.265 e. The van der Waals surface area contributed by atoms with Gasteiger partial charge in [0, 0.05) is 26.7 Å². The summed E-state index contributed by atoms with van der Waals surface area (Å²) in [5.41, 5.74) is 0.550. The van der Waals surface area contributed by atoms with Gasteiger partial charge in [0.15, 0.2) is 33.8 Å². The predicted octanol–water partition coefficient (Wildman–Crippen LogP) is 3.91. The van der Waals surface area contributed by atoms with Crippen LogP contribution < -0.4 is 10.1 Å². The summed E-state index contributed by atoms with van der Waals surface area (Å²) in [5.74, 6) is -1.61.